The summed E-state index contributed by atoms with van der Waals surface area (Å²) in [6.45, 7) is 0. The molecule has 0 aromatic carbocycles. The molecule has 0 amide bonds. The average Bonchev–Trinajstić information content (AvgIpc) is 2.54. The molecule has 0 heterocycles. The third kappa shape index (κ3) is 16.7. The highest BCUT2D eigenvalue weighted by molar-refractivity contribution is 9.12. The molecule has 0 radical (unpaired) electrons. The van der Waals surface area contributed by atoms with Gasteiger partial charge in [-0.1, -0.05) is 43.4 Å². The van der Waals surface area contributed by atoms with Crippen LogP contribution in [0.3, 0.4) is 0 Å². The van der Waals surface area contributed by atoms with Crippen LogP contribution >= 0.6 is 15.9 Å². The molecule has 0 aliphatic heterocycles. The summed E-state index contributed by atoms with van der Waals surface area (Å²) in [4.78, 5) is 13.6. The van der Waals surface area contributed by atoms with E-state index in [0.717, 1.165) is 25.7 Å². The van der Waals surface area contributed by atoms with E-state index in [-0.39, 0.29) is 5.97 Å². The number of rotatable bonds is 10. The second kappa shape index (κ2) is 17.7. The monoisotopic (exact) mass is 364 g/mol. The summed E-state index contributed by atoms with van der Waals surface area (Å²) in [5, 5.41) is 0. The van der Waals surface area contributed by atoms with Crippen molar-refractivity contribution in [2.24, 2.45) is 0 Å². The number of methoxy groups -OCH3 is 1. The number of hydrogen-bond donors (Lipinski definition) is 0. The molecule has 0 aromatic rings. The van der Waals surface area contributed by atoms with E-state index in [1.54, 1.807) is 0 Å². The van der Waals surface area contributed by atoms with Crippen molar-refractivity contribution in [3.05, 3.63) is 0 Å². The van der Waals surface area contributed by atoms with Gasteiger partial charge in [-0.15, -0.1) is 0 Å². The Morgan fingerprint density at radius 3 is 1.86 bits per heavy atom. The van der Waals surface area contributed by atoms with Crippen LogP contribution in [0.15, 0.2) is 0 Å². The molecule has 0 N–H and O–H groups in total. The zero-order chi connectivity index (χ0) is 16.3. The first-order valence-corrected chi connectivity index (χ1v) is 8.71. The van der Waals surface area contributed by atoms with Crippen LogP contribution < -0.4 is 0 Å². The minimum Gasteiger partial charge on any atom is -0.469 e. The molecule has 0 bridgehead atoms. The summed E-state index contributed by atoms with van der Waals surface area (Å²) < 4.78 is 4.55. The Morgan fingerprint density at radius 2 is 1.32 bits per heavy atom. The standard InChI is InChI=1S/C19H25BrO2/c1-22-19(21)17-15-13-11-9-7-5-3-2-4-6-8-10-12-14-16-18-20/h2-4,6,8,10,12-15,17H2,1H3. The molecule has 0 aliphatic rings. The van der Waals surface area contributed by atoms with Crippen LogP contribution in [0.2, 0.25) is 0 Å². The van der Waals surface area contributed by atoms with E-state index in [1.807, 2.05) is 0 Å². The maximum atomic E-state index is 10.9. The van der Waals surface area contributed by atoms with Crippen LogP contribution in [0.25, 0.3) is 0 Å². The molecular formula is C19H25BrO2. The SMILES string of the molecule is COC(=O)CCCC#CC#CCCCCCCCCC#CBr. The van der Waals surface area contributed by atoms with Crippen LogP contribution in [0.5, 0.6) is 0 Å². The number of halogens is 1. The van der Waals surface area contributed by atoms with E-state index in [1.165, 1.54) is 39.2 Å². The zero-order valence-electron chi connectivity index (χ0n) is 13.5. The van der Waals surface area contributed by atoms with Crippen LogP contribution in [-0.2, 0) is 9.53 Å². The highest BCUT2D eigenvalue weighted by Crippen LogP contribution is 2.07. The highest BCUT2D eigenvalue weighted by Gasteiger charge is 1.96. The molecular weight excluding hydrogens is 340 g/mol. The Labute approximate surface area is 143 Å². The van der Waals surface area contributed by atoms with Gasteiger partial charge in [0, 0.05) is 41.6 Å². The number of ether oxygens (including phenoxy) is 1. The molecule has 0 saturated carbocycles. The largest absolute Gasteiger partial charge is 0.469 e. The molecule has 0 aliphatic carbocycles. The van der Waals surface area contributed by atoms with E-state index in [4.69, 9.17) is 0 Å². The van der Waals surface area contributed by atoms with E-state index in [2.05, 4.69) is 55.1 Å². The Kier molecular flexibility index (Phi) is 16.6. The van der Waals surface area contributed by atoms with Gasteiger partial charge in [0.1, 0.15) is 0 Å². The third-order valence-electron chi connectivity index (χ3n) is 3.07. The summed E-state index contributed by atoms with van der Waals surface area (Å²) >= 11 is 3.10. The molecule has 0 unspecified atom stereocenters. The van der Waals surface area contributed by atoms with Gasteiger partial charge < -0.3 is 4.74 Å². The van der Waals surface area contributed by atoms with Gasteiger partial charge >= 0.3 is 5.97 Å². The van der Waals surface area contributed by atoms with E-state index in [0.29, 0.717) is 12.8 Å². The van der Waals surface area contributed by atoms with Crippen LogP contribution in [0.1, 0.15) is 70.6 Å². The summed E-state index contributed by atoms with van der Waals surface area (Å²) in [6, 6.07) is 0. The zero-order valence-corrected chi connectivity index (χ0v) is 15.1. The molecule has 3 heteroatoms. The van der Waals surface area contributed by atoms with Crippen molar-refractivity contribution in [3.8, 4) is 34.4 Å². The first kappa shape index (κ1) is 20.6. The van der Waals surface area contributed by atoms with Crippen molar-refractivity contribution >= 4 is 21.9 Å². The molecule has 0 saturated heterocycles. The molecule has 0 aromatic heterocycles. The predicted octanol–water partition coefficient (Wildman–Crippen LogP) is 4.81. The fourth-order valence-corrected chi connectivity index (χ4v) is 2.02. The molecule has 0 fully saturated rings. The van der Waals surface area contributed by atoms with E-state index in [9.17, 15) is 4.79 Å². The Morgan fingerprint density at radius 1 is 0.818 bits per heavy atom. The first-order chi connectivity index (χ1) is 10.8. The Balaban J connectivity index is 3.35. The van der Waals surface area contributed by atoms with Gasteiger partial charge in [0.05, 0.1) is 7.11 Å². The van der Waals surface area contributed by atoms with Gasteiger partial charge in [-0.2, -0.15) is 0 Å². The molecule has 120 valence electrons. The molecule has 0 spiro atoms. The second-order valence-electron chi connectivity index (χ2n) is 4.93. The van der Waals surface area contributed by atoms with Crippen LogP contribution in [0.4, 0.5) is 0 Å². The average molecular weight is 365 g/mol. The normalized spacial score (nSPS) is 8.64. The lowest BCUT2D eigenvalue weighted by atomic mass is 10.1. The van der Waals surface area contributed by atoms with Crippen molar-refractivity contribution in [3.63, 3.8) is 0 Å². The number of unbranched alkanes of at least 4 members (excludes halogenated alkanes) is 8. The molecule has 2 nitrogen and oxygen atoms in total. The Hall–Kier alpha value is -1.37. The second-order valence-corrected chi connectivity index (χ2v) is 5.32. The van der Waals surface area contributed by atoms with Crippen LogP contribution in [-0.4, -0.2) is 13.1 Å². The van der Waals surface area contributed by atoms with Crippen molar-refractivity contribution in [1.82, 2.24) is 0 Å². The van der Waals surface area contributed by atoms with Gasteiger partial charge in [-0.25, -0.2) is 0 Å². The van der Waals surface area contributed by atoms with Crippen molar-refractivity contribution in [1.29, 1.82) is 0 Å². The van der Waals surface area contributed by atoms with Gasteiger partial charge in [0.2, 0.25) is 0 Å². The van der Waals surface area contributed by atoms with Crippen molar-refractivity contribution in [2.45, 2.75) is 70.6 Å². The minimum absolute atomic E-state index is 0.177. The fraction of sp³-hybridized carbons (Fsp3) is 0.632. The number of esters is 1. The number of carbonyl (C=O) groups is 1. The van der Waals surface area contributed by atoms with Crippen molar-refractivity contribution < 1.29 is 9.53 Å². The van der Waals surface area contributed by atoms with Gasteiger partial charge in [-0.3, -0.25) is 4.79 Å². The van der Waals surface area contributed by atoms with E-state index >= 15 is 0 Å². The van der Waals surface area contributed by atoms with Crippen LogP contribution in [0, 0.1) is 34.4 Å². The lowest BCUT2D eigenvalue weighted by Crippen LogP contribution is -1.98. The van der Waals surface area contributed by atoms with Gasteiger partial charge in [0.15, 0.2) is 0 Å². The lowest BCUT2D eigenvalue weighted by molar-refractivity contribution is -0.140. The summed E-state index contributed by atoms with van der Waals surface area (Å²) in [5.74, 6) is 14.6. The number of hydrogen-bond acceptors (Lipinski definition) is 2. The predicted molar refractivity (Wildman–Crippen MR) is 95.1 cm³/mol. The summed E-state index contributed by atoms with van der Waals surface area (Å²) in [7, 11) is 1.40. The van der Waals surface area contributed by atoms with Crippen molar-refractivity contribution in [2.75, 3.05) is 7.11 Å². The van der Waals surface area contributed by atoms with Gasteiger partial charge in [-0.05, 0) is 35.9 Å². The molecule has 0 atom stereocenters. The maximum absolute atomic E-state index is 10.9. The van der Waals surface area contributed by atoms with E-state index < -0.39 is 0 Å². The topological polar surface area (TPSA) is 26.3 Å². The molecule has 22 heavy (non-hydrogen) atoms. The van der Waals surface area contributed by atoms with Gasteiger partial charge in [0.25, 0.3) is 0 Å². The quantitative estimate of drug-likeness (QED) is 0.315. The number of carbonyl (C=O) groups excluding carboxylic acids is 1. The minimum atomic E-state index is -0.177. The maximum Gasteiger partial charge on any atom is 0.305 e. The first-order valence-electron chi connectivity index (χ1n) is 7.92. The Bertz CT molecular complexity index is 463. The smallest absolute Gasteiger partial charge is 0.305 e. The third-order valence-corrected chi connectivity index (χ3v) is 3.35. The summed E-state index contributed by atoms with van der Waals surface area (Å²) in [6.07, 6.45) is 11.2. The highest BCUT2D eigenvalue weighted by atomic mass is 79.9. The summed E-state index contributed by atoms with van der Waals surface area (Å²) in [5.41, 5.74) is 0. The lowest BCUT2D eigenvalue weighted by Gasteiger charge is -1.97. The molecule has 0 rings (SSSR count). The fourth-order valence-electron chi connectivity index (χ4n) is 1.82.